The van der Waals surface area contributed by atoms with Crippen LogP contribution >= 0.6 is 15.9 Å². The van der Waals surface area contributed by atoms with Gasteiger partial charge >= 0.3 is 5.97 Å². The van der Waals surface area contributed by atoms with Gasteiger partial charge in [-0.15, -0.1) is 0 Å². The molecule has 0 radical (unpaired) electrons. The van der Waals surface area contributed by atoms with Crippen LogP contribution in [0, 0.1) is 5.82 Å². The Labute approximate surface area is 83.1 Å². The van der Waals surface area contributed by atoms with Crippen molar-refractivity contribution < 1.29 is 13.9 Å². The summed E-state index contributed by atoms with van der Waals surface area (Å²) in [5.41, 5.74) is 0. The van der Waals surface area contributed by atoms with Crippen molar-refractivity contribution in [1.29, 1.82) is 0 Å². The molecule has 1 aromatic rings. The van der Waals surface area contributed by atoms with Crippen LogP contribution in [-0.4, -0.2) is 5.97 Å². The molecule has 68 valence electrons. The minimum atomic E-state index is -0.619. The molecule has 0 aliphatic carbocycles. The molecule has 1 aromatic carbocycles. The van der Waals surface area contributed by atoms with Crippen LogP contribution in [-0.2, 0) is 4.79 Å². The van der Waals surface area contributed by atoms with Gasteiger partial charge in [-0.2, -0.15) is 0 Å². The molecule has 0 aliphatic rings. The Hall–Kier alpha value is -1.16. The molecule has 13 heavy (non-hydrogen) atoms. The van der Waals surface area contributed by atoms with E-state index < -0.39 is 11.8 Å². The molecule has 0 unspecified atom stereocenters. The first-order valence-electron chi connectivity index (χ1n) is 3.43. The SMILES string of the molecule is C=CC(=O)Oc1cc(F)ccc1Br. The molecule has 0 N–H and O–H groups in total. The second-order valence-corrected chi connectivity index (χ2v) is 3.05. The largest absolute Gasteiger partial charge is 0.422 e. The molecule has 0 fully saturated rings. The zero-order chi connectivity index (χ0) is 9.84. The number of hydrogen-bond acceptors (Lipinski definition) is 2. The maximum Gasteiger partial charge on any atom is 0.335 e. The number of hydrogen-bond donors (Lipinski definition) is 0. The van der Waals surface area contributed by atoms with Gasteiger partial charge in [0, 0.05) is 12.1 Å². The van der Waals surface area contributed by atoms with Gasteiger partial charge in [-0.05, 0) is 28.1 Å². The van der Waals surface area contributed by atoms with E-state index in [0.717, 1.165) is 12.1 Å². The fourth-order valence-corrected chi connectivity index (χ4v) is 1.03. The number of carbonyl (C=O) groups excluding carboxylic acids is 1. The number of rotatable bonds is 2. The van der Waals surface area contributed by atoms with Gasteiger partial charge in [-0.3, -0.25) is 0 Å². The smallest absolute Gasteiger partial charge is 0.335 e. The monoisotopic (exact) mass is 244 g/mol. The molecule has 1 rings (SSSR count). The van der Waals surface area contributed by atoms with Crippen molar-refractivity contribution in [3.05, 3.63) is 41.1 Å². The van der Waals surface area contributed by atoms with Crippen LogP contribution in [0.5, 0.6) is 5.75 Å². The molecule has 2 nitrogen and oxygen atoms in total. The van der Waals surface area contributed by atoms with Crippen LogP contribution in [0.1, 0.15) is 0 Å². The lowest BCUT2D eigenvalue weighted by molar-refractivity contribution is -0.129. The predicted octanol–water partition coefficient (Wildman–Crippen LogP) is 2.68. The summed E-state index contributed by atoms with van der Waals surface area (Å²) in [5, 5.41) is 0. The van der Waals surface area contributed by atoms with Crippen molar-refractivity contribution in [2.24, 2.45) is 0 Å². The summed E-state index contributed by atoms with van der Waals surface area (Å²) in [6.45, 7) is 3.23. The van der Waals surface area contributed by atoms with E-state index in [0.29, 0.717) is 4.47 Å². The van der Waals surface area contributed by atoms with Gasteiger partial charge in [0.05, 0.1) is 4.47 Å². The van der Waals surface area contributed by atoms with Crippen molar-refractivity contribution in [2.45, 2.75) is 0 Å². The molecule has 0 aromatic heterocycles. The molecule has 0 spiro atoms. The van der Waals surface area contributed by atoms with Crippen molar-refractivity contribution in [3.63, 3.8) is 0 Å². The van der Waals surface area contributed by atoms with Gasteiger partial charge in [0.15, 0.2) is 0 Å². The summed E-state index contributed by atoms with van der Waals surface area (Å²) in [7, 11) is 0. The first kappa shape index (κ1) is 9.92. The quantitative estimate of drug-likeness (QED) is 0.455. The van der Waals surface area contributed by atoms with Crippen LogP contribution in [0.25, 0.3) is 0 Å². The van der Waals surface area contributed by atoms with E-state index in [1.54, 1.807) is 0 Å². The topological polar surface area (TPSA) is 26.3 Å². The van der Waals surface area contributed by atoms with Gasteiger partial charge < -0.3 is 4.74 Å². The number of benzene rings is 1. The zero-order valence-corrected chi connectivity index (χ0v) is 8.17. The average molecular weight is 245 g/mol. The summed E-state index contributed by atoms with van der Waals surface area (Å²) in [4.78, 5) is 10.8. The van der Waals surface area contributed by atoms with E-state index >= 15 is 0 Å². The van der Waals surface area contributed by atoms with Crippen molar-refractivity contribution >= 4 is 21.9 Å². The Morgan fingerprint density at radius 3 is 2.92 bits per heavy atom. The molecule has 4 heteroatoms. The van der Waals surface area contributed by atoms with Crippen LogP contribution in [0.2, 0.25) is 0 Å². The molecule has 0 bridgehead atoms. The lowest BCUT2D eigenvalue weighted by Gasteiger charge is -2.03. The van der Waals surface area contributed by atoms with Gasteiger partial charge in [0.1, 0.15) is 11.6 Å². The van der Waals surface area contributed by atoms with Gasteiger partial charge in [-0.25, -0.2) is 9.18 Å². The maximum absolute atomic E-state index is 12.7. The standard InChI is InChI=1S/C9H6BrFO2/c1-2-9(12)13-8-5-6(11)3-4-7(8)10/h2-5H,1H2. The van der Waals surface area contributed by atoms with Crippen molar-refractivity contribution in [1.82, 2.24) is 0 Å². The van der Waals surface area contributed by atoms with Crippen LogP contribution in [0.3, 0.4) is 0 Å². The highest BCUT2D eigenvalue weighted by atomic mass is 79.9. The molecule has 0 heterocycles. The Morgan fingerprint density at radius 1 is 1.62 bits per heavy atom. The fraction of sp³-hybridized carbons (Fsp3) is 0. The summed E-state index contributed by atoms with van der Waals surface area (Å²) in [6.07, 6.45) is 1.01. The first-order chi connectivity index (χ1) is 6.13. The second-order valence-electron chi connectivity index (χ2n) is 2.20. The zero-order valence-electron chi connectivity index (χ0n) is 6.59. The van der Waals surface area contributed by atoms with Gasteiger partial charge in [-0.1, -0.05) is 6.58 Å². The highest BCUT2D eigenvalue weighted by Gasteiger charge is 2.05. The molecular formula is C9H6BrFO2. The van der Waals surface area contributed by atoms with E-state index in [1.165, 1.54) is 12.1 Å². The molecule has 0 amide bonds. The molecule has 0 saturated carbocycles. The average Bonchev–Trinajstić information content (AvgIpc) is 2.11. The molecule has 0 aliphatic heterocycles. The van der Waals surface area contributed by atoms with Crippen LogP contribution in [0.4, 0.5) is 4.39 Å². The van der Waals surface area contributed by atoms with Crippen LogP contribution in [0.15, 0.2) is 35.3 Å². The van der Waals surface area contributed by atoms with Gasteiger partial charge in [0.2, 0.25) is 0 Å². The summed E-state index contributed by atoms with van der Waals surface area (Å²) < 4.78 is 17.9. The van der Waals surface area contributed by atoms with Gasteiger partial charge in [0.25, 0.3) is 0 Å². The van der Waals surface area contributed by atoms with Crippen LogP contribution < -0.4 is 4.74 Å². The lowest BCUT2D eigenvalue weighted by atomic mass is 10.3. The van der Waals surface area contributed by atoms with E-state index in [4.69, 9.17) is 4.74 Å². The van der Waals surface area contributed by atoms with E-state index in [2.05, 4.69) is 22.5 Å². The number of halogens is 2. The Kier molecular flexibility index (Phi) is 3.19. The fourth-order valence-electron chi connectivity index (χ4n) is 0.705. The third-order valence-electron chi connectivity index (χ3n) is 1.27. The number of esters is 1. The highest BCUT2D eigenvalue weighted by Crippen LogP contribution is 2.25. The highest BCUT2D eigenvalue weighted by molar-refractivity contribution is 9.10. The Bertz CT molecular complexity index is 349. The third kappa shape index (κ3) is 2.66. The maximum atomic E-state index is 12.7. The van der Waals surface area contributed by atoms with E-state index in [9.17, 15) is 9.18 Å². The second kappa shape index (κ2) is 4.18. The third-order valence-corrected chi connectivity index (χ3v) is 1.93. The normalized spacial score (nSPS) is 9.38. The summed E-state index contributed by atoms with van der Waals surface area (Å²) in [5.74, 6) is -0.939. The number of carbonyl (C=O) groups is 1. The Balaban J connectivity index is 2.93. The minimum Gasteiger partial charge on any atom is -0.422 e. The van der Waals surface area contributed by atoms with Crippen molar-refractivity contribution in [2.75, 3.05) is 0 Å². The molecule has 0 saturated heterocycles. The molecule has 0 atom stereocenters. The van der Waals surface area contributed by atoms with Crippen molar-refractivity contribution in [3.8, 4) is 5.75 Å². The predicted molar refractivity (Wildman–Crippen MR) is 49.9 cm³/mol. The first-order valence-corrected chi connectivity index (χ1v) is 4.22. The summed E-state index contributed by atoms with van der Waals surface area (Å²) >= 11 is 3.11. The molecular weight excluding hydrogens is 239 g/mol. The minimum absolute atomic E-state index is 0.143. The van der Waals surface area contributed by atoms with E-state index in [-0.39, 0.29) is 5.75 Å². The lowest BCUT2D eigenvalue weighted by Crippen LogP contribution is -2.03. The Morgan fingerprint density at radius 2 is 2.31 bits per heavy atom. The van der Waals surface area contributed by atoms with E-state index in [1.807, 2.05) is 0 Å². The summed E-state index contributed by atoms with van der Waals surface area (Å²) in [6, 6.07) is 3.84. The number of ether oxygens (including phenoxy) is 1.